The highest BCUT2D eigenvalue weighted by Gasteiger charge is 2.33. The van der Waals surface area contributed by atoms with Gasteiger partial charge < -0.3 is 10.3 Å². The number of rotatable bonds is 1. The Kier molecular flexibility index (Phi) is 2.80. The number of nitrogens with zero attached hydrogens (tertiary/aromatic N) is 2. The molecule has 96 valence electrons. The van der Waals surface area contributed by atoms with E-state index in [9.17, 15) is 13.2 Å². The summed E-state index contributed by atoms with van der Waals surface area (Å²) in [5.74, 6) is 0. The highest BCUT2D eigenvalue weighted by atomic mass is 19.4. The second-order valence-electron chi connectivity index (χ2n) is 4.13. The average molecular weight is 255 g/mol. The summed E-state index contributed by atoms with van der Waals surface area (Å²) in [5.41, 5.74) is 6.11. The van der Waals surface area contributed by atoms with Crippen LogP contribution in [-0.4, -0.2) is 9.55 Å². The predicted octanol–water partition coefficient (Wildman–Crippen LogP) is 3.00. The second-order valence-corrected chi connectivity index (χ2v) is 4.13. The summed E-state index contributed by atoms with van der Waals surface area (Å²) < 4.78 is 40.3. The van der Waals surface area contributed by atoms with E-state index in [0.717, 1.165) is 6.07 Å². The molecule has 0 aliphatic rings. The summed E-state index contributed by atoms with van der Waals surface area (Å²) in [7, 11) is 1.71. The Morgan fingerprint density at radius 1 is 1.28 bits per heavy atom. The first-order valence-corrected chi connectivity index (χ1v) is 5.24. The number of nitrogens with two attached hydrogens (primary N) is 1. The molecule has 3 nitrogen and oxygen atoms in total. The van der Waals surface area contributed by atoms with E-state index < -0.39 is 11.7 Å². The Balaban J connectivity index is 2.66. The van der Waals surface area contributed by atoms with Crippen LogP contribution in [0.2, 0.25) is 0 Å². The van der Waals surface area contributed by atoms with E-state index in [2.05, 4.69) is 4.98 Å². The van der Waals surface area contributed by atoms with Crippen molar-refractivity contribution in [2.24, 2.45) is 7.05 Å². The first-order chi connectivity index (χ1) is 8.30. The van der Waals surface area contributed by atoms with Crippen molar-refractivity contribution in [3.8, 4) is 11.3 Å². The Morgan fingerprint density at radius 3 is 2.44 bits per heavy atom. The summed E-state index contributed by atoms with van der Waals surface area (Å²) in [4.78, 5) is 3.88. The maximum absolute atomic E-state index is 12.9. The third kappa shape index (κ3) is 2.05. The molecule has 0 spiro atoms. The molecule has 1 aromatic carbocycles. The molecule has 0 amide bonds. The summed E-state index contributed by atoms with van der Waals surface area (Å²) >= 11 is 0. The molecule has 2 rings (SSSR count). The number of aromatic nitrogens is 2. The Morgan fingerprint density at radius 2 is 1.94 bits per heavy atom. The highest BCUT2D eigenvalue weighted by Crippen LogP contribution is 2.37. The van der Waals surface area contributed by atoms with Crippen LogP contribution >= 0.6 is 0 Å². The highest BCUT2D eigenvalue weighted by molar-refractivity contribution is 5.68. The molecule has 18 heavy (non-hydrogen) atoms. The molecule has 0 aliphatic heterocycles. The van der Waals surface area contributed by atoms with Gasteiger partial charge in [-0.15, -0.1) is 0 Å². The Labute approximate surface area is 102 Å². The number of benzene rings is 1. The summed E-state index contributed by atoms with van der Waals surface area (Å²) in [5, 5.41) is 0. The largest absolute Gasteiger partial charge is 0.416 e. The van der Waals surface area contributed by atoms with Gasteiger partial charge in [-0.05, 0) is 24.6 Å². The topological polar surface area (TPSA) is 43.8 Å². The van der Waals surface area contributed by atoms with E-state index >= 15 is 0 Å². The van der Waals surface area contributed by atoms with Gasteiger partial charge in [-0.1, -0.05) is 0 Å². The van der Waals surface area contributed by atoms with E-state index in [4.69, 9.17) is 5.73 Å². The maximum Gasteiger partial charge on any atom is 0.416 e. The van der Waals surface area contributed by atoms with Crippen LogP contribution in [0.25, 0.3) is 11.3 Å². The summed E-state index contributed by atoms with van der Waals surface area (Å²) in [6.07, 6.45) is -1.38. The van der Waals surface area contributed by atoms with Crippen molar-refractivity contribution in [1.29, 1.82) is 0 Å². The molecule has 0 radical (unpaired) electrons. The van der Waals surface area contributed by atoms with Gasteiger partial charge in [0.15, 0.2) is 0 Å². The van der Waals surface area contributed by atoms with Crippen LogP contribution in [0.5, 0.6) is 0 Å². The lowest BCUT2D eigenvalue weighted by atomic mass is 10.0. The number of hydrogen-bond acceptors (Lipinski definition) is 2. The van der Waals surface area contributed by atoms with Crippen molar-refractivity contribution in [1.82, 2.24) is 9.55 Å². The van der Waals surface area contributed by atoms with Crippen molar-refractivity contribution in [3.05, 3.63) is 35.8 Å². The first-order valence-electron chi connectivity index (χ1n) is 5.24. The monoisotopic (exact) mass is 255 g/mol. The normalized spacial score (nSPS) is 11.8. The van der Waals surface area contributed by atoms with E-state index in [1.807, 2.05) is 0 Å². The van der Waals surface area contributed by atoms with Gasteiger partial charge in [0.05, 0.1) is 23.8 Å². The van der Waals surface area contributed by atoms with Crippen molar-refractivity contribution in [2.45, 2.75) is 13.1 Å². The van der Waals surface area contributed by atoms with Crippen LogP contribution in [-0.2, 0) is 13.2 Å². The van der Waals surface area contributed by atoms with Crippen molar-refractivity contribution >= 4 is 5.69 Å². The van der Waals surface area contributed by atoms with Gasteiger partial charge in [0.1, 0.15) is 0 Å². The molecule has 2 N–H and O–H groups in total. The molecule has 6 heteroatoms. The fraction of sp³-hybridized carbons (Fsp3) is 0.250. The van der Waals surface area contributed by atoms with Gasteiger partial charge >= 0.3 is 6.18 Å². The van der Waals surface area contributed by atoms with Gasteiger partial charge in [-0.2, -0.15) is 13.2 Å². The van der Waals surface area contributed by atoms with E-state index in [1.54, 1.807) is 11.6 Å². The molecule has 0 saturated heterocycles. The molecule has 0 saturated carbocycles. The molecule has 1 heterocycles. The molecule has 2 aromatic rings. The van der Waals surface area contributed by atoms with Gasteiger partial charge in [-0.3, -0.25) is 0 Å². The molecule has 0 unspecified atom stereocenters. The average Bonchev–Trinajstić information content (AvgIpc) is 2.66. The second kappa shape index (κ2) is 4.04. The predicted molar refractivity (Wildman–Crippen MR) is 62.8 cm³/mol. The number of aryl methyl sites for hydroxylation is 1. The van der Waals surface area contributed by atoms with Crippen molar-refractivity contribution < 1.29 is 13.2 Å². The maximum atomic E-state index is 12.9. The Bertz CT molecular complexity index is 585. The molecule has 0 bridgehead atoms. The van der Waals surface area contributed by atoms with Crippen LogP contribution in [0.1, 0.15) is 11.1 Å². The molecule has 0 fully saturated rings. The smallest absolute Gasteiger partial charge is 0.398 e. The molecular weight excluding hydrogens is 243 g/mol. The van der Waals surface area contributed by atoms with Crippen LogP contribution in [0.4, 0.5) is 18.9 Å². The van der Waals surface area contributed by atoms with Gasteiger partial charge in [0, 0.05) is 18.3 Å². The third-order valence-electron chi connectivity index (χ3n) is 2.87. The standard InChI is InChI=1S/C12H12F3N3/c1-7-9(12(13,14)15)3-8(4-10(7)16)11-5-17-6-18(11)2/h3-6H,16H2,1-2H3. The molecule has 0 atom stereocenters. The first kappa shape index (κ1) is 12.5. The van der Waals surface area contributed by atoms with Crippen molar-refractivity contribution in [2.75, 3.05) is 5.73 Å². The van der Waals surface area contributed by atoms with Crippen LogP contribution in [0.15, 0.2) is 24.7 Å². The zero-order valence-electron chi connectivity index (χ0n) is 9.92. The molecule has 1 aromatic heterocycles. The van der Waals surface area contributed by atoms with Crippen LogP contribution in [0.3, 0.4) is 0 Å². The lowest BCUT2D eigenvalue weighted by Gasteiger charge is -2.14. The van der Waals surface area contributed by atoms with Crippen molar-refractivity contribution in [3.63, 3.8) is 0 Å². The fourth-order valence-corrected chi connectivity index (χ4v) is 1.81. The van der Waals surface area contributed by atoms with Crippen LogP contribution in [0, 0.1) is 6.92 Å². The fourth-order valence-electron chi connectivity index (χ4n) is 1.81. The van der Waals surface area contributed by atoms with E-state index in [1.165, 1.54) is 25.5 Å². The van der Waals surface area contributed by atoms with Crippen LogP contribution < -0.4 is 5.73 Å². The lowest BCUT2D eigenvalue weighted by Crippen LogP contribution is -2.10. The number of imidazole rings is 1. The number of alkyl halides is 3. The minimum absolute atomic E-state index is 0.0495. The number of anilines is 1. The quantitative estimate of drug-likeness (QED) is 0.796. The number of halogens is 3. The zero-order valence-corrected chi connectivity index (χ0v) is 9.92. The van der Waals surface area contributed by atoms with E-state index in [-0.39, 0.29) is 11.3 Å². The SMILES string of the molecule is Cc1c(N)cc(-c2cncn2C)cc1C(F)(F)F. The third-order valence-corrected chi connectivity index (χ3v) is 2.87. The van der Waals surface area contributed by atoms with Gasteiger partial charge in [0.25, 0.3) is 0 Å². The molecule has 0 aliphatic carbocycles. The van der Waals surface area contributed by atoms with E-state index in [0.29, 0.717) is 11.3 Å². The van der Waals surface area contributed by atoms with Gasteiger partial charge in [0.2, 0.25) is 0 Å². The van der Waals surface area contributed by atoms with Gasteiger partial charge in [-0.25, -0.2) is 4.98 Å². The lowest BCUT2D eigenvalue weighted by molar-refractivity contribution is -0.138. The summed E-state index contributed by atoms with van der Waals surface area (Å²) in [6.45, 7) is 1.37. The minimum Gasteiger partial charge on any atom is -0.398 e. The zero-order chi connectivity index (χ0) is 13.5. The number of hydrogen-bond donors (Lipinski definition) is 1. The number of nitrogen functional groups attached to an aromatic ring is 1. The summed E-state index contributed by atoms with van der Waals surface area (Å²) in [6, 6.07) is 2.63. The molecular formula is C12H12F3N3. The Hall–Kier alpha value is -1.98. The minimum atomic E-state index is -4.41.